The average Bonchev–Trinajstić information content (AvgIpc) is 2.79. The van der Waals surface area contributed by atoms with Crippen LogP contribution in [0.1, 0.15) is 12.8 Å². The topological polar surface area (TPSA) is 63.0 Å². The van der Waals surface area contributed by atoms with Crippen LogP contribution in [0, 0.1) is 5.82 Å². The smallest absolute Gasteiger partial charge is 0.320 e. The maximum Gasteiger partial charge on any atom is 0.320 e. The van der Waals surface area contributed by atoms with Crippen molar-refractivity contribution in [3.05, 3.63) is 33.9 Å². The van der Waals surface area contributed by atoms with Gasteiger partial charge in [-0.2, -0.15) is 0 Å². The normalized spacial score (nSPS) is 10.7. The molecular formula is C11H11Cl2FN4O. The third kappa shape index (κ3) is 3.56. The minimum absolute atomic E-state index is 0.136. The van der Waals surface area contributed by atoms with Crippen LogP contribution < -0.4 is 10.6 Å². The highest BCUT2D eigenvalue weighted by Crippen LogP contribution is 2.33. The zero-order valence-corrected chi connectivity index (χ0v) is 11.5. The van der Waals surface area contributed by atoms with E-state index in [2.05, 4.69) is 20.8 Å². The van der Waals surface area contributed by atoms with Crippen molar-refractivity contribution >= 4 is 34.9 Å². The molecule has 0 aliphatic rings. The van der Waals surface area contributed by atoms with Gasteiger partial charge < -0.3 is 15.1 Å². The number of halogens is 3. The number of aromatic nitrogens is 2. The number of hydrogen-bond acceptors (Lipinski definition) is 5. The van der Waals surface area contributed by atoms with Crippen LogP contribution in [0.2, 0.25) is 10.0 Å². The second-order valence-corrected chi connectivity index (χ2v) is 4.47. The van der Waals surface area contributed by atoms with Crippen molar-refractivity contribution in [3.63, 3.8) is 0 Å². The summed E-state index contributed by atoms with van der Waals surface area (Å²) in [6, 6.07) is 2.43. The molecule has 0 aliphatic carbocycles. The first kappa shape index (κ1) is 14.0. The van der Waals surface area contributed by atoms with Gasteiger partial charge in [-0.25, -0.2) is 4.39 Å². The number of nitrogens with zero attached hydrogens (tertiary/aromatic N) is 2. The molecule has 2 rings (SSSR count). The summed E-state index contributed by atoms with van der Waals surface area (Å²) >= 11 is 11.8. The summed E-state index contributed by atoms with van der Waals surface area (Å²) < 4.78 is 18.4. The van der Waals surface area contributed by atoms with Gasteiger partial charge >= 0.3 is 6.01 Å². The summed E-state index contributed by atoms with van der Waals surface area (Å²) in [7, 11) is 0. The largest absolute Gasteiger partial charge is 0.406 e. The van der Waals surface area contributed by atoms with Crippen molar-refractivity contribution in [2.24, 2.45) is 0 Å². The summed E-state index contributed by atoms with van der Waals surface area (Å²) in [5.74, 6) is -0.0855. The maximum absolute atomic E-state index is 13.0. The van der Waals surface area contributed by atoms with E-state index in [1.54, 1.807) is 0 Å². The van der Waals surface area contributed by atoms with Crippen molar-refractivity contribution < 1.29 is 8.81 Å². The molecule has 1 aromatic carbocycles. The van der Waals surface area contributed by atoms with Crippen molar-refractivity contribution in [2.75, 3.05) is 11.9 Å². The molecule has 0 radical (unpaired) electrons. The van der Waals surface area contributed by atoms with Gasteiger partial charge in [-0.1, -0.05) is 35.2 Å². The fraction of sp³-hybridized carbons (Fsp3) is 0.273. The molecule has 2 N–H and O–H groups in total. The monoisotopic (exact) mass is 304 g/mol. The lowest BCUT2D eigenvalue weighted by Gasteiger charge is -2.06. The van der Waals surface area contributed by atoms with E-state index in [9.17, 15) is 4.39 Å². The molecule has 102 valence electrons. The summed E-state index contributed by atoms with van der Waals surface area (Å²) in [6.07, 6.45) is 0. The molecule has 0 saturated heterocycles. The standard InChI is InChI=1S/C11H11Cl2FN4O/c1-2-15-5-9-17-18-11(19-9)16-10-7(12)3-6(14)4-8(10)13/h3-4,15H,2,5H2,1H3,(H,16,18). The minimum Gasteiger partial charge on any atom is -0.406 e. The van der Waals surface area contributed by atoms with E-state index in [-0.39, 0.29) is 16.1 Å². The fourth-order valence-corrected chi connectivity index (χ4v) is 1.93. The minimum atomic E-state index is -0.515. The lowest BCUT2D eigenvalue weighted by atomic mass is 10.3. The van der Waals surface area contributed by atoms with Crippen molar-refractivity contribution in [1.29, 1.82) is 0 Å². The van der Waals surface area contributed by atoms with Gasteiger partial charge in [0, 0.05) is 0 Å². The summed E-state index contributed by atoms with van der Waals surface area (Å²) in [6.45, 7) is 3.23. The van der Waals surface area contributed by atoms with E-state index < -0.39 is 5.82 Å². The first-order valence-electron chi connectivity index (χ1n) is 5.54. The van der Waals surface area contributed by atoms with Crippen LogP contribution in [-0.2, 0) is 6.54 Å². The van der Waals surface area contributed by atoms with Gasteiger partial charge in [-0.05, 0) is 18.7 Å². The first-order valence-corrected chi connectivity index (χ1v) is 6.30. The molecule has 0 fully saturated rings. The van der Waals surface area contributed by atoms with Gasteiger partial charge in [0.05, 0.1) is 22.3 Å². The molecule has 0 amide bonds. The van der Waals surface area contributed by atoms with Crippen molar-refractivity contribution in [2.45, 2.75) is 13.5 Å². The second kappa shape index (κ2) is 6.18. The Kier molecular flexibility index (Phi) is 4.57. The Morgan fingerprint density at radius 2 is 1.95 bits per heavy atom. The predicted molar refractivity (Wildman–Crippen MR) is 71.4 cm³/mol. The molecule has 1 heterocycles. The number of anilines is 2. The predicted octanol–water partition coefficient (Wildman–Crippen LogP) is 3.37. The van der Waals surface area contributed by atoms with Crippen LogP contribution in [0.3, 0.4) is 0 Å². The van der Waals surface area contributed by atoms with E-state index in [1.807, 2.05) is 6.92 Å². The first-order chi connectivity index (χ1) is 9.10. The van der Waals surface area contributed by atoms with Crippen LogP contribution >= 0.6 is 23.2 Å². The second-order valence-electron chi connectivity index (χ2n) is 3.65. The zero-order valence-electron chi connectivity index (χ0n) is 10.0. The molecule has 19 heavy (non-hydrogen) atoms. The van der Waals surface area contributed by atoms with E-state index in [4.69, 9.17) is 27.6 Å². The zero-order chi connectivity index (χ0) is 13.8. The van der Waals surface area contributed by atoms with Crippen LogP contribution in [-0.4, -0.2) is 16.7 Å². The van der Waals surface area contributed by atoms with E-state index in [0.29, 0.717) is 18.1 Å². The molecule has 0 aliphatic heterocycles. The summed E-state index contributed by atoms with van der Waals surface area (Å²) in [5.41, 5.74) is 0.323. The molecule has 0 saturated carbocycles. The van der Waals surface area contributed by atoms with E-state index >= 15 is 0 Å². The SMILES string of the molecule is CCNCc1nnc(Nc2c(Cl)cc(F)cc2Cl)o1. The van der Waals surface area contributed by atoms with Gasteiger partial charge in [-0.15, -0.1) is 5.10 Å². The Bertz CT molecular complexity index is 553. The number of nitrogens with one attached hydrogen (secondary N) is 2. The Balaban J connectivity index is 2.15. The number of hydrogen-bond donors (Lipinski definition) is 2. The number of benzene rings is 1. The van der Waals surface area contributed by atoms with Crippen molar-refractivity contribution in [3.8, 4) is 0 Å². The van der Waals surface area contributed by atoms with E-state index in [0.717, 1.165) is 18.7 Å². The Morgan fingerprint density at radius 3 is 2.58 bits per heavy atom. The highest BCUT2D eigenvalue weighted by molar-refractivity contribution is 6.39. The molecule has 0 unspecified atom stereocenters. The fourth-order valence-electron chi connectivity index (χ4n) is 1.38. The van der Waals surface area contributed by atoms with Crippen molar-refractivity contribution in [1.82, 2.24) is 15.5 Å². The van der Waals surface area contributed by atoms with Crippen LogP contribution in [0.5, 0.6) is 0 Å². The van der Waals surface area contributed by atoms with Gasteiger partial charge in [0.15, 0.2) is 0 Å². The third-order valence-corrected chi connectivity index (χ3v) is 2.83. The molecule has 1 aromatic heterocycles. The van der Waals surface area contributed by atoms with Crippen LogP contribution in [0.15, 0.2) is 16.5 Å². The lowest BCUT2D eigenvalue weighted by molar-refractivity contribution is 0.484. The molecule has 0 atom stereocenters. The molecule has 0 bridgehead atoms. The molecule has 0 spiro atoms. The number of rotatable bonds is 5. The van der Waals surface area contributed by atoms with Crippen LogP contribution in [0.4, 0.5) is 16.1 Å². The van der Waals surface area contributed by atoms with Crippen LogP contribution in [0.25, 0.3) is 0 Å². The molecular weight excluding hydrogens is 294 g/mol. The summed E-state index contributed by atoms with van der Waals surface area (Å²) in [4.78, 5) is 0. The molecule has 5 nitrogen and oxygen atoms in total. The highest BCUT2D eigenvalue weighted by atomic mass is 35.5. The summed E-state index contributed by atoms with van der Waals surface area (Å²) in [5, 5.41) is 13.7. The third-order valence-electron chi connectivity index (χ3n) is 2.23. The average molecular weight is 305 g/mol. The van der Waals surface area contributed by atoms with E-state index in [1.165, 1.54) is 0 Å². The highest BCUT2D eigenvalue weighted by Gasteiger charge is 2.12. The Morgan fingerprint density at radius 1 is 1.26 bits per heavy atom. The van der Waals surface area contributed by atoms with Gasteiger partial charge in [0.1, 0.15) is 5.82 Å². The Hall–Kier alpha value is -1.37. The Labute approximate surface area is 119 Å². The van der Waals surface area contributed by atoms with Gasteiger partial charge in [0.25, 0.3) is 0 Å². The van der Waals surface area contributed by atoms with Gasteiger partial charge in [-0.3, -0.25) is 0 Å². The quantitative estimate of drug-likeness (QED) is 0.887. The molecule has 2 aromatic rings. The molecule has 8 heteroatoms. The lowest BCUT2D eigenvalue weighted by Crippen LogP contribution is -2.11. The van der Waals surface area contributed by atoms with Gasteiger partial charge in [0.2, 0.25) is 5.89 Å². The maximum atomic E-state index is 13.0.